The van der Waals surface area contributed by atoms with Crippen molar-refractivity contribution in [2.45, 2.75) is 32.9 Å². The van der Waals surface area contributed by atoms with Gasteiger partial charge in [0.2, 0.25) is 0 Å². The molecule has 1 unspecified atom stereocenters. The molecule has 2 heterocycles. The number of nitrogens with zero attached hydrogens (tertiary/aromatic N) is 3. The molecule has 2 aromatic rings. The molecule has 2 aromatic heterocycles. The molecule has 2 rings (SSSR count). The molecule has 18 heavy (non-hydrogen) atoms. The molecule has 0 aliphatic carbocycles. The molecule has 0 aromatic carbocycles. The molecule has 0 saturated carbocycles. The lowest BCUT2D eigenvalue weighted by Gasteiger charge is -2.10. The Kier molecular flexibility index (Phi) is 4.19. The van der Waals surface area contributed by atoms with Crippen molar-refractivity contribution in [3.8, 4) is 0 Å². The Morgan fingerprint density at radius 2 is 2.22 bits per heavy atom. The van der Waals surface area contributed by atoms with Crippen LogP contribution in [0.3, 0.4) is 0 Å². The Balaban J connectivity index is 2.07. The molecule has 0 saturated heterocycles. The van der Waals surface area contributed by atoms with E-state index in [1.807, 2.05) is 4.68 Å². The van der Waals surface area contributed by atoms with Crippen LogP contribution in [0.5, 0.6) is 0 Å². The number of aromatic nitrogens is 3. The molecule has 0 aliphatic rings. The van der Waals surface area contributed by atoms with Crippen LogP contribution in [-0.2, 0) is 13.0 Å². The zero-order valence-electron chi connectivity index (χ0n) is 10.4. The normalized spacial score (nSPS) is 13.2. The number of furan rings is 1. The minimum absolute atomic E-state index is 0.396. The van der Waals surface area contributed by atoms with E-state index in [1.54, 1.807) is 12.1 Å². The quantitative estimate of drug-likeness (QED) is 0.921. The van der Waals surface area contributed by atoms with Crippen molar-refractivity contribution in [3.63, 3.8) is 0 Å². The molecule has 0 bridgehead atoms. The maximum Gasteiger partial charge on any atom is 0.169 e. The van der Waals surface area contributed by atoms with E-state index in [4.69, 9.17) is 4.42 Å². The smallest absolute Gasteiger partial charge is 0.169 e. The van der Waals surface area contributed by atoms with Crippen LogP contribution in [0.4, 0.5) is 0 Å². The lowest BCUT2D eigenvalue weighted by atomic mass is 10.2. The van der Waals surface area contributed by atoms with Crippen LogP contribution >= 0.6 is 15.9 Å². The SMILES string of the molecule is CC(C)Cn1ncnc1CC(O)c1ccc(Br)o1. The van der Waals surface area contributed by atoms with Crippen molar-refractivity contribution >= 4 is 15.9 Å². The number of hydrogen-bond acceptors (Lipinski definition) is 4. The van der Waals surface area contributed by atoms with Gasteiger partial charge in [-0.15, -0.1) is 0 Å². The van der Waals surface area contributed by atoms with Gasteiger partial charge in [0.15, 0.2) is 4.67 Å². The van der Waals surface area contributed by atoms with Gasteiger partial charge in [0.05, 0.1) is 0 Å². The van der Waals surface area contributed by atoms with Crippen molar-refractivity contribution in [2.75, 3.05) is 0 Å². The Labute approximate surface area is 114 Å². The fourth-order valence-corrected chi connectivity index (χ4v) is 2.04. The van der Waals surface area contributed by atoms with Crippen LogP contribution in [0.2, 0.25) is 0 Å². The average Bonchev–Trinajstić information content (AvgIpc) is 2.88. The van der Waals surface area contributed by atoms with Crippen LogP contribution in [0.1, 0.15) is 31.5 Å². The molecule has 1 atom stereocenters. The van der Waals surface area contributed by atoms with Gasteiger partial charge >= 0.3 is 0 Å². The van der Waals surface area contributed by atoms with E-state index in [1.165, 1.54) is 6.33 Å². The van der Waals surface area contributed by atoms with Crippen molar-refractivity contribution in [1.29, 1.82) is 0 Å². The van der Waals surface area contributed by atoms with Gasteiger partial charge in [0, 0.05) is 13.0 Å². The van der Waals surface area contributed by atoms with E-state index in [0.29, 0.717) is 22.8 Å². The lowest BCUT2D eigenvalue weighted by molar-refractivity contribution is 0.144. The summed E-state index contributed by atoms with van der Waals surface area (Å²) < 4.78 is 7.76. The fraction of sp³-hybridized carbons (Fsp3) is 0.500. The molecule has 0 spiro atoms. The summed E-state index contributed by atoms with van der Waals surface area (Å²) in [7, 11) is 0. The van der Waals surface area contributed by atoms with Gasteiger partial charge in [-0.05, 0) is 34.0 Å². The summed E-state index contributed by atoms with van der Waals surface area (Å²) in [4.78, 5) is 4.18. The summed E-state index contributed by atoms with van der Waals surface area (Å²) in [6.07, 6.45) is 1.21. The van der Waals surface area contributed by atoms with Gasteiger partial charge in [-0.2, -0.15) is 5.10 Å². The van der Waals surface area contributed by atoms with Crippen LogP contribution in [-0.4, -0.2) is 19.9 Å². The summed E-state index contributed by atoms with van der Waals surface area (Å²) in [6, 6.07) is 3.51. The van der Waals surface area contributed by atoms with Gasteiger partial charge in [0.1, 0.15) is 24.0 Å². The van der Waals surface area contributed by atoms with Crippen LogP contribution in [0, 0.1) is 5.92 Å². The first kappa shape index (κ1) is 13.3. The molecule has 0 aliphatic heterocycles. The van der Waals surface area contributed by atoms with Crippen molar-refractivity contribution in [2.24, 2.45) is 5.92 Å². The van der Waals surface area contributed by atoms with E-state index in [9.17, 15) is 5.11 Å². The number of halogens is 1. The van der Waals surface area contributed by atoms with E-state index < -0.39 is 6.10 Å². The molecule has 5 nitrogen and oxygen atoms in total. The Morgan fingerprint density at radius 1 is 1.44 bits per heavy atom. The Bertz CT molecular complexity index is 507. The zero-order chi connectivity index (χ0) is 13.1. The Hall–Kier alpha value is -1.14. The fourth-order valence-electron chi connectivity index (χ4n) is 1.73. The second-order valence-electron chi connectivity index (χ2n) is 4.61. The van der Waals surface area contributed by atoms with Gasteiger partial charge in [-0.1, -0.05) is 13.8 Å². The van der Waals surface area contributed by atoms with Crippen molar-refractivity contribution in [1.82, 2.24) is 14.8 Å². The van der Waals surface area contributed by atoms with E-state index >= 15 is 0 Å². The minimum Gasteiger partial charge on any atom is -0.452 e. The molecule has 0 amide bonds. The number of aliphatic hydroxyl groups is 1. The third-order valence-electron chi connectivity index (χ3n) is 2.53. The summed E-state index contributed by atoms with van der Waals surface area (Å²) in [5.41, 5.74) is 0. The number of hydrogen-bond donors (Lipinski definition) is 1. The Morgan fingerprint density at radius 3 is 2.83 bits per heavy atom. The zero-order valence-corrected chi connectivity index (χ0v) is 12.0. The summed E-state index contributed by atoms with van der Waals surface area (Å²) in [6.45, 7) is 5.03. The van der Waals surface area contributed by atoms with Crippen LogP contribution in [0.25, 0.3) is 0 Å². The molecule has 0 fully saturated rings. The predicted molar refractivity (Wildman–Crippen MR) is 69.9 cm³/mol. The van der Waals surface area contributed by atoms with E-state index in [2.05, 4.69) is 39.9 Å². The van der Waals surface area contributed by atoms with Gasteiger partial charge in [-0.25, -0.2) is 9.67 Å². The largest absolute Gasteiger partial charge is 0.452 e. The van der Waals surface area contributed by atoms with Crippen molar-refractivity contribution < 1.29 is 9.52 Å². The first-order valence-corrected chi connectivity index (χ1v) is 6.65. The maximum atomic E-state index is 10.1. The summed E-state index contributed by atoms with van der Waals surface area (Å²) >= 11 is 3.21. The molecular weight excluding hydrogens is 298 g/mol. The van der Waals surface area contributed by atoms with Gasteiger partial charge in [-0.3, -0.25) is 0 Å². The monoisotopic (exact) mass is 313 g/mol. The second kappa shape index (κ2) is 5.67. The first-order valence-electron chi connectivity index (χ1n) is 5.86. The minimum atomic E-state index is -0.702. The molecule has 0 radical (unpaired) electrons. The van der Waals surface area contributed by atoms with E-state index in [0.717, 1.165) is 12.4 Å². The molecular formula is C12H16BrN3O2. The van der Waals surface area contributed by atoms with E-state index in [-0.39, 0.29) is 0 Å². The molecule has 1 N–H and O–H groups in total. The first-order chi connectivity index (χ1) is 8.56. The standard InChI is InChI=1S/C12H16BrN3O2/c1-8(2)6-16-12(14-7-15-16)5-9(17)10-3-4-11(13)18-10/h3-4,7-9,17H,5-6H2,1-2H3. The second-order valence-corrected chi connectivity index (χ2v) is 5.40. The molecule has 98 valence electrons. The highest BCUT2D eigenvalue weighted by Crippen LogP contribution is 2.22. The highest BCUT2D eigenvalue weighted by molar-refractivity contribution is 9.10. The maximum absolute atomic E-state index is 10.1. The van der Waals surface area contributed by atoms with Crippen LogP contribution < -0.4 is 0 Å². The van der Waals surface area contributed by atoms with Crippen molar-refractivity contribution in [3.05, 3.63) is 34.7 Å². The lowest BCUT2D eigenvalue weighted by Crippen LogP contribution is -2.13. The van der Waals surface area contributed by atoms with Gasteiger partial charge < -0.3 is 9.52 Å². The van der Waals surface area contributed by atoms with Gasteiger partial charge in [0.25, 0.3) is 0 Å². The average molecular weight is 314 g/mol. The van der Waals surface area contributed by atoms with Crippen LogP contribution in [0.15, 0.2) is 27.5 Å². The summed E-state index contributed by atoms with van der Waals surface area (Å²) in [5, 5.41) is 14.2. The molecule has 6 heteroatoms. The number of aliphatic hydroxyl groups excluding tert-OH is 1. The predicted octanol–water partition coefficient (Wildman–Crippen LogP) is 2.57. The third-order valence-corrected chi connectivity index (χ3v) is 2.96. The highest BCUT2D eigenvalue weighted by Gasteiger charge is 2.16. The highest BCUT2D eigenvalue weighted by atomic mass is 79.9. The topological polar surface area (TPSA) is 64.1 Å². The number of rotatable bonds is 5. The third kappa shape index (κ3) is 3.20. The summed E-state index contributed by atoms with van der Waals surface area (Å²) in [5.74, 6) is 1.78.